The van der Waals surface area contributed by atoms with Gasteiger partial charge in [-0.05, 0) is 36.2 Å². The van der Waals surface area contributed by atoms with Crippen molar-refractivity contribution in [3.05, 3.63) is 58.1 Å². The molecule has 9 heteroatoms. The zero-order valence-electron chi connectivity index (χ0n) is 16.3. The van der Waals surface area contributed by atoms with Crippen molar-refractivity contribution in [1.29, 1.82) is 0 Å². The first-order valence-electron chi connectivity index (χ1n) is 8.82. The molecular formula is C20H22N2O7. The summed E-state index contributed by atoms with van der Waals surface area (Å²) in [6.07, 6.45) is 0. The molecule has 0 spiro atoms. The Morgan fingerprint density at radius 2 is 1.90 bits per heavy atom. The highest BCUT2D eigenvalue weighted by Gasteiger charge is 2.18. The molecule has 0 fully saturated rings. The van der Waals surface area contributed by atoms with Crippen LogP contribution in [0, 0.1) is 16.0 Å². The molecule has 154 valence electrons. The Kier molecular flexibility index (Phi) is 7.53. The molecular weight excluding hydrogens is 380 g/mol. The number of anilines is 1. The van der Waals surface area contributed by atoms with E-state index in [9.17, 15) is 19.7 Å². The minimum atomic E-state index is -0.709. The van der Waals surface area contributed by atoms with E-state index in [1.54, 1.807) is 12.1 Å². The lowest BCUT2D eigenvalue weighted by molar-refractivity contribution is -0.384. The number of nitro benzene ring substituents is 1. The fourth-order valence-corrected chi connectivity index (χ4v) is 2.27. The summed E-state index contributed by atoms with van der Waals surface area (Å²) in [5.41, 5.74) is -0.130. The summed E-state index contributed by atoms with van der Waals surface area (Å²) in [4.78, 5) is 34.7. The number of esters is 1. The predicted molar refractivity (Wildman–Crippen MR) is 105 cm³/mol. The zero-order chi connectivity index (χ0) is 21.4. The van der Waals surface area contributed by atoms with Gasteiger partial charge in [0.25, 0.3) is 11.6 Å². The van der Waals surface area contributed by atoms with Crippen molar-refractivity contribution in [2.75, 3.05) is 25.6 Å². The lowest BCUT2D eigenvalue weighted by atomic mass is 10.2. The van der Waals surface area contributed by atoms with Crippen LogP contribution in [-0.4, -0.2) is 37.1 Å². The largest absolute Gasteiger partial charge is 0.496 e. The molecule has 0 unspecified atom stereocenters. The van der Waals surface area contributed by atoms with Crippen LogP contribution in [0.25, 0.3) is 0 Å². The molecule has 0 aromatic heterocycles. The Hall–Kier alpha value is -3.62. The first-order valence-corrected chi connectivity index (χ1v) is 8.82. The Bertz CT molecular complexity index is 896. The molecule has 0 aliphatic rings. The molecule has 2 aromatic rings. The second-order valence-electron chi connectivity index (χ2n) is 6.50. The van der Waals surface area contributed by atoms with Gasteiger partial charge in [0.15, 0.2) is 6.61 Å². The van der Waals surface area contributed by atoms with Gasteiger partial charge in [-0.2, -0.15) is 0 Å². The van der Waals surface area contributed by atoms with E-state index in [1.807, 2.05) is 13.8 Å². The summed E-state index contributed by atoms with van der Waals surface area (Å²) in [6.45, 7) is 3.91. The monoisotopic (exact) mass is 402 g/mol. The molecule has 0 bridgehead atoms. The van der Waals surface area contributed by atoms with E-state index in [0.29, 0.717) is 18.3 Å². The Morgan fingerprint density at radius 1 is 1.14 bits per heavy atom. The van der Waals surface area contributed by atoms with Gasteiger partial charge in [-0.25, -0.2) is 4.79 Å². The zero-order valence-corrected chi connectivity index (χ0v) is 16.3. The van der Waals surface area contributed by atoms with Crippen LogP contribution in [0.5, 0.6) is 11.5 Å². The highest BCUT2D eigenvalue weighted by Crippen LogP contribution is 2.28. The van der Waals surface area contributed by atoms with Crippen LogP contribution < -0.4 is 14.8 Å². The van der Waals surface area contributed by atoms with Crippen LogP contribution >= 0.6 is 0 Å². The lowest BCUT2D eigenvalue weighted by Gasteiger charge is -2.10. The summed E-state index contributed by atoms with van der Waals surface area (Å²) in [7, 11) is 1.37. The minimum Gasteiger partial charge on any atom is -0.496 e. The van der Waals surface area contributed by atoms with E-state index in [-0.39, 0.29) is 22.7 Å². The number of nitrogens with one attached hydrogen (secondary N) is 1. The van der Waals surface area contributed by atoms with E-state index in [2.05, 4.69) is 5.32 Å². The van der Waals surface area contributed by atoms with Crippen LogP contribution in [-0.2, 0) is 9.53 Å². The van der Waals surface area contributed by atoms with Gasteiger partial charge in [0, 0.05) is 0 Å². The number of methoxy groups -OCH3 is 1. The fourth-order valence-electron chi connectivity index (χ4n) is 2.27. The molecule has 0 aliphatic carbocycles. The summed E-state index contributed by atoms with van der Waals surface area (Å²) in [6, 6.07) is 10.4. The second-order valence-corrected chi connectivity index (χ2v) is 6.50. The van der Waals surface area contributed by atoms with Gasteiger partial charge in [0.1, 0.15) is 17.2 Å². The van der Waals surface area contributed by atoms with E-state index < -0.39 is 23.4 Å². The number of carbonyl (C=O) groups excluding carboxylic acids is 2. The molecule has 1 N–H and O–H groups in total. The SMILES string of the molecule is COc1ccc(NC(=O)COC(=O)c2cccc(OCC(C)C)c2)c([N+](=O)[O-])c1. The third-order valence-corrected chi connectivity index (χ3v) is 3.66. The predicted octanol–water partition coefficient (Wildman–Crippen LogP) is 3.43. The van der Waals surface area contributed by atoms with Crippen molar-refractivity contribution in [2.45, 2.75) is 13.8 Å². The van der Waals surface area contributed by atoms with Gasteiger partial charge in [-0.1, -0.05) is 19.9 Å². The number of rotatable bonds is 9. The third-order valence-electron chi connectivity index (χ3n) is 3.66. The average molecular weight is 402 g/mol. The number of carbonyl (C=O) groups is 2. The number of hydrogen-bond acceptors (Lipinski definition) is 7. The number of benzene rings is 2. The number of amides is 1. The topological polar surface area (TPSA) is 117 Å². The summed E-state index contributed by atoms with van der Waals surface area (Å²) in [5.74, 6) is -0.290. The quantitative estimate of drug-likeness (QED) is 0.388. The molecule has 0 radical (unpaired) electrons. The van der Waals surface area contributed by atoms with E-state index in [4.69, 9.17) is 14.2 Å². The summed E-state index contributed by atoms with van der Waals surface area (Å²) >= 11 is 0. The van der Waals surface area contributed by atoms with Crippen molar-refractivity contribution >= 4 is 23.3 Å². The van der Waals surface area contributed by atoms with Crippen molar-refractivity contribution in [3.63, 3.8) is 0 Å². The van der Waals surface area contributed by atoms with Gasteiger partial charge in [0.2, 0.25) is 0 Å². The summed E-state index contributed by atoms with van der Waals surface area (Å²) < 4.78 is 15.5. The minimum absolute atomic E-state index is 0.0269. The van der Waals surface area contributed by atoms with Crippen molar-refractivity contribution in [2.24, 2.45) is 5.92 Å². The van der Waals surface area contributed by atoms with Crippen molar-refractivity contribution in [3.8, 4) is 11.5 Å². The standard InChI is InChI=1S/C20H22N2O7/c1-13(2)11-28-16-6-4-5-14(9-16)20(24)29-12-19(23)21-17-8-7-15(27-3)10-18(17)22(25)26/h4-10,13H,11-12H2,1-3H3,(H,21,23). The maximum Gasteiger partial charge on any atom is 0.338 e. The molecule has 2 rings (SSSR count). The summed E-state index contributed by atoms with van der Waals surface area (Å²) in [5, 5.41) is 13.5. The van der Waals surface area contributed by atoms with Gasteiger partial charge in [0.05, 0.1) is 30.3 Å². The van der Waals surface area contributed by atoms with Crippen LogP contribution in [0.1, 0.15) is 24.2 Å². The molecule has 2 aromatic carbocycles. The first kappa shape index (κ1) is 21.7. The van der Waals surface area contributed by atoms with Crippen molar-refractivity contribution < 1.29 is 28.7 Å². The molecule has 0 saturated carbocycles. The van der Waals surface area contributed by atoms with Crippen molar-refractivity contribution in [1.82, 2.24) is 0 Å². The molecule has 29 heavy (non-hydrogen) atoms. The number of nitrogens with zero attached hydrogens (tertiary/aromatic N) is 1. The second kappa shape index (κ2) is 10.1. The van der Waals surface area contributed by atoms with Crippen LogP contribution in [0.2, 0.25) is 0 Å². The van der Waals surface area contributed by atoms with Gasteiger partial charge in [-0.3, -0.25) is 14.9 Å². The number of ether oxygens (including phenoxy) is 3. The van der Waals surface area contributed by atoms with E-state index in [0.717, 1.165) is 0 Å². The Morgan fingerprint density at radius 3 is 2.55 bits per heavy atom. The molecule has 0 atom stereocenters. The maximum absolute atomic E-state index is 12.2. The van der Waals surface area contributed by atoms with Crippen LogP contribution in [0.3, 0.4) is 0 Å². The Labute approximate surface area is 167 Å². The third kappa shape index (κ3) is 6.49. The smallest absolute Gasteiger partial charge is 0.338 e. The highest BCUT2D eigenvalue weighted by atomic mass is 16.6. The number of nitro groups is 1. The van der Waals surface area contributed by atoms with Gasteiger partial charge >= 0.3 is 5.97 Å². The average Bonchev–Trinajstić information content (AvgIpc) is 2.70. The molecule has 9 nitrogen and oxygen atoms in total. The lowest BCUT2D eigenvalue weighted by Crippen LogP contribution is -2.21. The maximum atomic E-state index is 12.2. The molecule has 0 saturated heterocycles. The molecule has 0 heterocycles. The van der Waals surface area contributed by atoms with Gasteiger partial charge < -0.3 is 19.5 Å². The Balaban J connectivity index is 1.96. The normalized spacial score (nSPS) is 10.3. The van der Waals surface area contributed by atoms with E-state index >= 15 is 0 Å². The van der Waals surface area contributed by atoms with Gasteiger partial charge in [-0.15, -0.1) is 0 Å². The molecule has 1 amide bonds. The van der Waals surface area contributed by atoms with Crippen LogP contribution in [0.15, 0.2) is 42.5 Å². The van der Waals surface area contributed by atoms with Crippen LogP contribution in [0.4, 0.5) is 11.4 Å². The first-order chi connectivity index (χ1) is 13.8. The highest BCUT2D eigenvalue weighted by molar-refractivity contribution is 5.97. The number of hydrogen-bond donors (Lipinski definition) is 1. The van der Waals surface area contributed by atoms with E-state index in [1.165, 1.54) is 37.4 Å². The fraction of sp³-hybridized carbons (Fsp3) is 0.300. The molecule has 0 aliphatic heterocycles.